The predicted molar refractivity (Wildman–Crippen MR) is 102 cm³/mol. The van der Waals surface area contributed by atoms with Crippen LogP contribution >= 0.6 is 11.8 Å². The van der Waals surface area contributed by atoms with Crippen LogP contribution in [0, 0.1) is 0 Å². The van der Waals surface area contributed by atoms with Gasteiger partial charge in [-0.05, 0) is 42.3 Å². The number of rotatable bonds is 5. The predicted octanol–water partition coefficient (Wildman–Crippen LogP) is 3.55. The number of amidine groups is 1. The van der Waals surface area contributed by atoms with Crippen molar-refractivity contribution in [3.8, 4) is 5.75 Å². The Morgan fingerprint density at radius 3 is 2.56 bits per heavy atom. The van der Waals surface area contributed by atoms with E-state index in [-0.39, 0.29) is 11.2 Å². The molecule has 128 valence electrons. The van der Waals surface area contributed by atoms with Crippen molar-refractivity contribution in [2.75, 3.05) is 7.11 Å². The summed E-state index contributed by atoms with van der Waals surface area (Å²) in [7, 11) is 1.63. The molecule has 6 heteroatoms. The number of hydrogen-bond donors (Lipinski definition) is 0. The molecule has 2 aromatic carbocycles. The molecule has 1 unspecified atom stereocenters. The number of carbonyl (C=O) groups excluding carboxylic acids is 1. The number of nitrogens with zero attached hydrogens (tertiary/aromatic N) is 3. The van der Waals surface area contributed by atoms with Crippen molar-refractivity contribution in [2.45, 2.75) is 18.7 Å². The quantitative estimate of drug-likeness (QED) is 0.610. The number of benzene rings is 2. The van der Waals surface area contributed by atoms with Crippen LogP contribution in [0.25, 0.3) is 0 Å². The standard InChI is InChI=1S/C19H19N3O2S/c1-14-18(23)22(13-16-6-4-3-5-7-16)19(25-14)21-20-12-15-8-10-17(24-2)11-9-15/h3-12,14H,13H2,1-2H3. The van der Waals surface area contributed by atoms with Crippen LogP contribution in [0.3, 0.4) is 0 Å². The van der Waals surface area contributed by atoms with Gasteiger partial charge in [0.25, 0.3) is 0 Å². The van der Waals surface area contributed by atoms with Crippen LogP contribution in [-0.2, 0) is 11.3 Å². The summed E-state index contributed by atoms with van der Waals surface area (Å²) in [5.74, 6) is 0.857. The SMILES string of the molecule is COc1ccc(C=NN=C2SC(C)C(=O)N2Cc2ccccc2)cc1. The van der Waals surface area contributed by atoms with E-state index in [1.807, 2.05) is 61.5 Å². The first kappa shape index (κ1) is 17.2. The van der Waals surface area contributed by atoms with Gasteiger partial charge in [-0.25, -0.2) is 0 Å². The van der Waals surface area contributed by atoms with Crippen molar-refractivity contribution in [2.24, 2.45) is 10.2 Å². The maximum absolute atomic E-state index is 12.4. The number of methoxy groups -OCH3 is 1. The highest BCUT2D eigenvalue weighted by Gasteiger charge is 2.35. The summed E-state index contributed by atoms with van der Waals surface area (Å²) in [6.45, 7) is 2.40. The summed E-state index contributed by atoms with van der Waals surface area (Å²) < 4.78 is 5.13. The molecule has 0 bridgehead atoms. The third-order valence-electron chi connectivity index (χ3n) is 3.78. The number of ether oxygens (including phenoxy) is 1. The molecule has 0 spiro atoms. The zero-order chi connectivity index (χ0) is 17.6. The summed E-state index contributed by atoms with van der Waals surface area (Å²) in [4.78, 5) is 14.1. The molecule has 2 aromatic rings. The van der Waals surface area contributed by atoms with Gasteiger partial charge in [0.15, 0.2) is 5.17 Å². The summed E-state index contributed by atoms with van der Waals surface area (Å²) in [5, 5.41) is 8.90. The molecule has 1 saturated heterocycles. The lowest BCUT2D eigenvalue weighted by molar-refractivity contribution is -0.126. The monoisotopic (exact) mass is 353 g/mol. The van der Waals surface area contributed by atoms with Gasteiger partial charge in [-0.1, -0.05) is 42.1 Å². The maximum atomic E-state index is 12.4. The Bertz CT molecular complexity index is 788. The van der Waals surface area contributed by atoms with Crippen molar-refractivity contribution in [1.29, 1.82) is 0 Å². The van der Waals surface area contributed by atoms with Crippen molar-refractivity contribution < 1.29 is 9.53 Å². The second kappa shape index (κ2) is 7.98. The molecule has 1 atom stereocenters. The van der Waals surface area contributed by atoms with E-state index >= 15 is 0 Å². The molecule has 1 heterocycles. The van der Waals surface area contributed by atoms with E-state index in [9.17, 15) is 4.79 Å². The second-order valence-corrected chi connectivity index (χ2v) is 6.88. The average Bonchev–Trinajstić information content (AvgIpc) is 2.91. The summed E-state index contributed by atoms with van der Waals surface area (Å²) in [6.07, 6.45) is 1.67. The Morgan fingerprint density at radius 2 is 1.88 bits per heavy atom. The van der Waals surface area contributed by atoms with E-state index in [1.54, 1.807) is 18.2 Å². The summed E-state index contributed by atoms with van der Waals surface area (Å²) in [6, 6.07) is 17.4. The molecule has 0 saturated carbocycles. The maximum Gasteiger partial charge on any atom is 0.242 e. The molecular weight excluding hydrogens is 334 g/mol. The zero-order valence-electron chi connectivity index (χ0n) is 14.1. The molecule has 25 heavy (non-hydrogen) atoms. The topological polar surface area (TPSA) is 54.3 Å². The number of hydrogen-bond acceptors (Lipinski definition) is 5. The molecule has 0 aliphatic carbocycles. The third kappa shape index (κ3) is 4.28. The first-order chi connectivity index (χ1) is 12.2. The lowest BCUT2D eigenvalue weighted by Gasteiger charge is -2.15. The largest absolute Gasteiger partial charge is 0.497 e. The first-order valence-corrected chi connectivity index (χ1v) is 8.82. The minimum Gasteiger partial charge on any atom is -0.497 e. The van der Waals surface area contributed by atoms with E-state index < -0.39 is 0 Å². The van der Waals surface area contributed by atoms with Crippen molar-refractivity contribution in [3.63, 3.8) is 0 Å². The van der Waals surface area contributed by atoms with E-state index in [0.29, 0.717) is 11.7 Å². The summed E-state index contributed by atoms with van der Waals surface area (Å²) >= 11 is 1.43. The smallest absolute Gasteiger partial charge is 0.242 e. The first-order valence-electron chi connectivity index (χ1n) is 7.94. The average molecular weight is 353 g/mol. The van der Waals surface area contributed by atoms with Crippen LogP contribution in [0.5, 0.6) is 5.75 Å². The van der Waals surface area contributed by atoms with Gasteiger partial charge in [-0.15, -0.1) is 5.10 Å². The van der Waals surface area contributed by atoms with Crippen molar-refractivity contribution >= 4 is 29.1 Å². The fraction of sp³-hybridized carbons (Fsp3) is 0.211. The van der Waals surface area contributed by atoms with Gasteiger partial charge in [0.1, 0.15) is 5.75 Å². The van der Waals surface area contributed by atoms with Crippen LogP contribution in [0.15, 0.2) is 64.8 Å². The van der Waals surface area contributed by atoms with Gasteiger partial charge in [0.2, 0.25) is 5.91 Å². The highest BCUT2D eigenvalue weighted by molar-refractivity contribution is 8.15. The van der Waals surface area contributed by atoms with Gasteiger partial charge in [0, 0.05) is 0 Å². The van der Waals surface area contributed by atoms with Crippen molar-refractivity contribution in [1.82, 2.24) is 4.90 Å². The van der Waals surface area contributed by atoms with Crippen LogP contribution < -0.4 is 4.74 Å². The van der Waals surface area contributed by atoms with E-state index in [0.717, 1.165) is 16.9 Å². The second-order valence-electron chi connectivity index (χ2n) is 5.57. The molecule has 0 N–H and O–H groups in total. The van der Waals surface area contributed by atoms with Crippen LogP contribution in [0.2, 0.25) is 0 Å². The molecule has 1 amide bonds. The van der Waals surface area contributed by atoms with Gasteiger partial charge in [-0.3, -0.25) is 9.69 Å². The number of thioether (sulfide) groups is 1. The Morgan fingerprint density at radius 1 is 1.16 bits per heavy atom. The highest BCUT2D eigenvalue weighted by atomic mass is 32.2. The molecule has 0 radical (unpaired) electrons. The lowest BCUT2D eigenvalue weighted by Crippen LogP contribution is -2.30. The molecule has 1 aliphatic heterocycles. The number of carbonyl (C=O) groups is 1. The molecule has 0 aromatic heterocycles. The fourth-order valence-electron chi connectivity index (χ4n) is 2.41. The molecule has 5 nitrogen and oxygen atoms in total. The Balaban J connectivity index is 1.74. The summed E-state index contributed by atoms with van der Waals surface area (Å²) in [5.41, 5.74) is 1.99. The molecule has 3 rings (SSSR count). The Labute approximate surface area is 151 Å². The van der Waals surface area contributed by atoms with Crippen LogP contribution in [0.1, 0.15) is 18.1 Å². The van der Waals surface area contributed by atoms with Crippen LogP contribution in [-0.4, -0.2) is 34.5 Å². The fourth-order valence-corrected chi connectivity index (χ4v) is 3.33. The Hall–Kier alpha value is -2.60. The van der Waals surface area contributed by atoms with E-state index in [4.69, 9.17) is 4.74 Å². The molecule has 1 fully saturated rings. The van der Waals surface area contributed by atoms with Gasteiger partial charge in [0.05, 0.1) is 25.1 Å². The van der Waals surface area contributed by atoms with E-state index in [2.05, 4.69) is 10.2 Å². The molecular formula is C19H19N3O2S. The normalized spacial score (nSPS) is 19.1. The van der Waals surface area contributed by atoms with Crippen LogP contribution in [0.4, 0.5) is 0 Å². The van der Waals surface area contributed by atoms with E-state index in [1.165, 1.54) is 11.8 Å². The van der Waals surface area contributed by atoms with Gasteiger partial charge < -0.3 is 4.74 Å². The molecule has 1 aliphatic rings. The van der Waals surface area contributed by atoms with Crippen molar-refractivity contribution in [3.05, 3.63) is 65.7 Å². The highest BCUT2D eigenvalue weighted by Crippen LogP contribution is 2.28. The minimum absolute atomic E-state index is 0.0623. The number of amides is 1. The zero-order valence-corrected chi connectivity index (χ0v) is 14.9. The van der Waals surface area contributed by atoms with Gasteiger partial charge >= 0.3 is 0 Å². The van der Waals surface area contributed by atoms with Gasteiger partial charge in [-0.2, -0.15) is 5.10 Å². The minimum atomic E-state index is -0.140. The lowest BCUT2D eigenvalue weighted by atomic mass is 10.2. The Kier molecular flexibility index (Phi) is 5.50. The third-order valence-corrected chi connectivity index (χ3v) is 4.84.